The Morgan fingerprint density at radius 3 is 2.77 bits per heavy atom. The molecule has 72 valence electrons. The Kier molecular flexibility index (Phi) is 3.93. The van der Waals surface area contributed by atoms with Crippen molar-refractivity contribution in [3.63, 3.8) is 0 Å². The van der Waals surface area contributed by atoms with Crippen LogP contribution in [0.3, 0.4) is 0 Å². The first-order chi connectivity index (χ1) is 6.27. The van der Waals surface area contributed by atoms with Crippen molar-refractivity contribution in [2.75, 3.05) is 6.61 Å². The lowest BCUT2D eigenvalue weighted by Crippen LogP contribution is -2.04. The van der Waals surface area contributed by atoms with E-state index in [1.807, 2.05) is 0 Å². The number of aryl methyl sites for hydroxylation is 2. The Balaban J connectivity index is 2.74. The van der Waals surface area contributed by atoms with Gasteiger partial charge in [-0.3, -0.25) is 0 Å². The summed E-state index contributed by atoms with van der Waals surface area (Å²) in [6.45, 7) is 4.90. The zero-order chi connectivity index (χ0) is 9.68. The Hall–Kier alpha value is -0.860. The maximum atomic E-state index is 4.98. The molecule has 0 aliphatic carbocycles. The highest BCUT2D eigenvalue weighted by Gasteiger charge is 1.98. The predicted octanol–water partition coefficient (Wildman–Crippen LogP) is 1.99. The van der Waals surface area contributed by atoms with E-state index in [1.54, 1.807) is 0 Å². The molecule has 2 N–H and O–H groups in total. The molecule has 1 rings (SSSR count). The summed E-state index contributed by atoms with van der Waals surface area (Å²) in [5, 5.41) is 0. The molecule has 1 aromatic carbocycles. The molecule has 0 saturated carbocycles. The average molecular weight is 179 g/mol. The molecule has 0 bridgehead atoms. The van der Waals surface area contributed by atoms with Gasteiger partial charge in [0.2, 0.25) is 0 Å². The largest absolute Gasteiger partial charge is 0.304 e. The normalized spacial score (nSPS) is 10.4. The molecule has 13 heavy (non-hydrogen) atoms. The molecule has 1 aromatic rings. The fraction of sp³-hybridized carbons (Fsp3) is 0.455. The van der Waals surface area contributed by atoms with E-state index in [0.29, 0.717) is 6.61 Å². The van der Waals surface area contributed by atoms with Gasteiger partial charge in [-0.2, -0.15) is 0 Å². The summed E-state index contributed by atoms with van der Waals surface area (Å²) in [7, 11) is 0. The van der Waals surface area contributed by atoms with Crippen molar-refractivity contribution < 1.29 is 4.84 Å². The SMILES string of the molecule is CCc1cc(CCON)ccc1C. The minimum Gasteiger partial charge on any atom is -0.304 e. The first-order valence-electron chi connectivity index (χ1n) is 4.68. The van der Waals surface area contributed by atoms with Gasteiger partial charge in [0.05, 0.1) is 6.61 Å². The van der Waals surface area contributed by atoms with Crippen molar-refractivity contribution >= 4 is 0 Å². The maximum Gasteiger partial charge on any atom is 0.0719 e. The summed E-state index contributed by atoms with van der Waals surface area (Å²) < 4.78 is 0. The fourth-order valence-corrected chi connectivity index (χ4v) is 1.44. The van der Waals surface area contributed by atoms with Gasteiger partial charge in [0.15, 0.2) is 0 Å². The average Bonchev–Trinajstić information content (AvgIpc) is 2.16. The van der Waals surface area contributed by atoms with E-state index in [-0.39, 0.29) is 0 Å². The molecule has 0 spiro atoms. The molecule has 0 amide bonds. The number of nitrogens with two attached hydrogens (primary N) is 1. The van der Waals surface area contributed by atoms with Crippen molar-refractivity contribution in [2.45, 2.75) is 26.7 Å². The molecule has 0 unspecified atom stereocenters. The highest BCUT2D eigenvalue weighted by Crippen LogP contribution is 2.12. The first-order valence-corrected chi connectivity index (χ1v) is 4.68. The summed E-state index contributed by atoms with van der Waals surface area (Å²) in [6, 6.07) is 6.52. The molecule has 0 fully saturated rings. The summed E-state index contributed by atoms with van der Waals surface area (Å²) >= 11 is 0. The lowest BCUT2D eigenvalue weighted by Gasteiger charge is -2.06. The third kappa shape index (κ3) is 2.83. The van der Waals surface area contributed by atoms with Gasteiger partial charge in [-0.25, -0.2) is 5.90 Å². The molecule has 0 aliphatic rings. The van der Waals surface area contributed by atoms with Crippen LogP contribution in [0.2, 0.25) is 0 Å². The smallest absolute Gasteiger partial charge is 0.0719 e. The Morgan fingerprint density at radius 1 is 1.38 bits per heavy atom. The van der Waals surface area contributed by atoms with Crippen molar-refractivity contribution in [1.29, 1.82) is 0 Å². The molecular formula is C11H17NO. The van der Waals surface area contributed by atoms with Gasteiger partial charge in [0.25, 0.3) is 0 Å². The monoisotopic (exact) mass is 179 g/mol. The Labute approximate surface area is 79.7 Å². The van der Waals surface area contributed by atoms with Gasteiger partial charge in [-0.1, -0.05) is 25.1 Å². The third-order valence-corrected chi connectivity index (χ3v) is 2.30. The van der Waals surface area contributed by atoms with Crippen LogP contribution in [0.25, 0.3) is 0 Å². The molecule has 0 atom stereocenters. The molecular weight excluding hydrogens is 162 g/mol. The second kappa shape index (κ2) is 5.00. The highest BCUT2D eigenvalue weighted by atomic mass is 16.6. The molecule has 0 saturated heterocycles. The van der Waals surface area contributed by atoms with E-state index in [9.17, 15) is 0 Å². The molecule has 0 aromatic heterocycles. The zero-order valence-electron chi connectivity index (χ0n) is 8.34. The van der Waals surface area contributed by atoms with Gasteiger partial charge in [-0.15, -0.1) is 0 Å². The van der Waals surface area contributed by atoms with Gasteiger partial charge >= 0.3 is 0 Å². The molecule has 0 aliphatic heterocycles. The lowest BCUT2D eigenvalue weighted by molar-refractivity contribution is 0.141. The first kappa shape index (κ1) is 10.2. The van der Waals surface area contributed by atoms with E-state index in [4.69, 9.17) is 5.90 Å². The molecule has 0 radical (unpaired) electrons. The second-order valence-corrected chi connectivity index (χ2v) is 3.24. The van der Waals surface area contributed by atoms with Crippen LogP contribution in [0.5, 0.6) is 0 Å². The maximum absolute atomic E-state index is 4.98. The molecule has 0 heterocycles. The van der Waals surface area contributed by atoms with E-state index >= 15 is 0 Å². The fourth-order valence-electron chi connectivity index (χ4n) is 1.44. The van der Waals surface area contributed by atoms with E-state index in [2.05, 4.69) is 36.9 Å². The van der Waals surface area contributed by atoms with E-state index < -0.39 is 0 Å². The van der Waals surface area contributed by atoms with Crippen LogP contribution < -0.4 is 5.90 Å². The summed E-state index contributed by atoms with van der Waals surface area (Å²) in [4.78, 5) is 4.55. The van der Waals surface area contributed by atoms with Crippen LogP contribution in [0.4, 0.5) is 0 Å². The predicted molar refractivity (Wildman–Crippen MR) is 54.4 cm³/mol. The van der Waals surface area contributed by atoms with Crippen molar-refractivity contribution in [3.05, 3.63) is 34.9 Å². The van der Waals surface area contributed by atoms with Crippen LogP contribution in [0.1, 0.15) is 23.6 Å². The van der Waals surface area contributed by atoms with E-state index in [1.165, 1.54) is 16.7 Å². The lowest BCUT2D eigenvalue weighted by atomic mass is 10.0. The number of hydrogen-bond donors (Lipinski definition) is 1. The molecule has 2 nitrogen and oxygen atoms in total. The van der Waals surface area contributed by atoms with Gasteiger partial charge in [0.1, 0.15) is 0 Å². The minimum absolute atomic E-state index is 0.589. The summed E-state index contributed by atoms with van der Waals surface area (Å²) in [5.74, 6) is 4.98. The van der Waals surface area contributed by atoms with Crippen LogP contribution in [0, 0.1) is 6.92 Å². The standard InChI is InChI=1S/C11H17NO/c1-3-11-8-10(6-7-13-12)5-4-9(11)2/h4-5,8H,3,6-7,12H2,1-2H3. The van der Waals surface area contributed by atoms with Crippen molar-refractivity contribution in [1.82, 2.24) is 0 Å². The van der Waals surface area contributed by atoms with Gasteiger partial charge < -0.3 is 4.84 Å². The Morgan fingerprint density at radius 2 is 2.15 bits per heavy atom. The van der Waals surface area contributed by atoms with Crippen LogP contribution in [-0.4, -0.2) is 6.61 Å². The van der Waals surface area contributed by atoms with Crippen molar-refractivity contribution in [2.24, 2.45) is 5.90 Å². The third-order valence-electron chi connectivity index (χ3n) is 2.30. The number of benzene rings is 1. The van der Waals surface area contributed by atoms with Crippen LogP contribution in [-0.2, 0) is 17.7 Å². The van der Waals surface area contributed by atoms with Gasteiger partial charge in [-0.05, 0) is 36.5 Å². The zero-order valence-corrected chi connectivity index (χ0v) is 8.34. The molecule has 2 heteroatoms. The number of rotatable bonds is 4. The minimum atomic E-state index is 0.589. The van der Waals surface area contributed by atoms with E-state index in [0.717, 1.165) is 12.8 Å². The summed E-state index contributed by atoms with van der Waals surface area (Å²) in [6.07, 6.45) is 1.98. The van der Waals surface area contributed by atoms with Crippen molar-refractivity contribution in [3.8, 4) is 0 Å². The second-order valence-electron chi connectivity index (χ2n) is 3.24. The Bertz CT molecular complexity index is 271. The quantitative estimate of drug-likeness (QED) is 0.717. The topological polar surface area (TPSA) is 35.2 Å². The highest BCUT2D eigenvalue weighted by molar-refractivity contribution is 5.31. The summed E-state index contributed by atoms with van der Waals surface area (Å²) in [5.41, 5.74) is 4.07. The van der Waals surface area contributed by atoms with Crippen LogP contribution in [0.15, 0.2) is 18.2 Å². The van der Waals surface area contributed by atoms with Crippen LogP contribution >= 0.6 is 0 Å². The van der Waals surface area contributed by atoms with Gasteiger partial charge in [0, 0.05) is 0 Å². The number of hydrogen-bond acceptors (Lipinski definition) is 2.